The Hall–Kier alpha value is -1.39. The SMILES string of the molecule is COCCn1c(CO)nc2ccc(C)cc21. The van der Waals surface area contributed by atoms with Crippen LogP contribution < -0.4 is 0 Å². The predicted molar refractivity (Wildman–Crippen MR) is 62.3 cm³/mol. The van der Waals surface area contributed by atoms with Crippen molar-refractivity contribution in [2.45, 2.75) is 20.1 Å². The van der Waals surface area contributed by atoms with Crippen LogP contribution in [0, 0.1) is 6.92 Å². The Balaban J connectivity index is 2.52. The topological polar surface area (TPSA) is 47.3 Å². The maximum Gasteiger partial charge on any atom is 0.135 e. The van der Waals surface area contributed by atoms with E-state index < -0.39 is 0 Å². The van der Waals surface area contributed by atoms with E-state index in [0.717, 1.165) is 11.0 Å². The number of benzene rings is 1. The van der Waals surface area contributed by atoms with Crippen molar-refractivity contribution in [3.05, 3.63) is 29.6 Å². The molecule has 0 aliphatic heterocycles. The number of hydrogen-bond acceptors (Lipinski definition) is 3. The minimum absolute atomic E-state index is 0.0442. The molecule has 1 aromatic heterocycles. The van der Waals surface area contributed by atoms with E-state index in [4.69, 9.17) is 4.74 Å². The van der Waals surface area contributed by atoms with E-state index in [-0.39, 0.29) is 6.61 Å². The van der Waals surface area contributed by atoms with Crippen LogP contribution >= 0.6 is 0 Å². The van der Waals surface area contributed by atoms with Gasteiger partial charge in [0.25, 0.3) is 0 Å². The number of imidazole rings is 1. The van der Waals surface area contributed by atoms with Crippen molar-refractivity contribution >= 4 is 11.0 Å². The third-order valence-corrected chi connectivity index (χ3v) is 2.64. The number of fused-ring (bicyclic) bond motifs is 1. The van der Waals surface area contributed by atoms with E-state index in [1.165, 1.54) is 5.56 Å². The zero-order valence-corrected chi connectivity index (χ0v) is 9.60. The molecule has 16 heavy (non-hydrogen) atoms. The number of ether oxygens (including phenoxy) is 1. The van der Waals surface area contributed by atoms with Gasteiger partial charge in [0.2, 0.25) is 0 Å². The average Bonchev–Trinajstić information content (AvgIpc) is 2.63. The Labute approximate surface area is 94.5 Å². The van der Waals surface area contributed by atoms with Gasteiger partial charge in [-0.05, 0) is 24.6 Å². The molecule has 1 heterocycles. The quantitative estimate of drug-likeness (QED) is 0.849. The van der Waals surface area contributed by atoms with Crippen molar-refractivity contribution in [3.8, 4) is 0 Å². The summed E-state index contributed by atoms with van der Waals surface area (Å²) in [6.07, 6.45) is 0. The molecule has 1 N–H and O–H groups in total. The molecular formula is C12H16N2O2. The number of rotatable bonds is 4. The molecule has 0 radical (unpaired) electrons. The van der Waals surface area contributed by atoms with Gasteiger partial charge in [0.05, 0.1) is 17.6 Å². The summed E-state index contributed by atoms with van der Waals surface area (Å²) in [6, 6.07) is 6.08. The molecule has 0 atom stereocenters. The van der Waals surface area contributed by atoms with Gasteiger partial charge in [-0.1, -0.05) is 6.07 Å². The van der Waals surface area contributed by atoms with Gasteiger partial charge in [0, 0.05) is 13.7 Å². The van der Waals surface area contributed by atoms with Gasteiger partial charge in [0.15, 0.2) is 0 Å². The first kappa shape index (κ1) is 11.1. The number of nitrogens with zero attached hydrogens (tertiary/aromatic N) is 2. The Morgan fingerprint density at radius 1 is 1.44 bits per heavy atom. The van der Waals surface area contributed by atoms with Gasteiger partial charge in [-0.3, -0.25) is 0 Å². The van der Waals surface area contributed by atoms with E-state index in [0.29, 0.717) is 19.0 Å². The highest BCUT2D eigenvalue weighted by molar-refractivity contribution is 5.76. The van der Waals surface area contributed by atoms with Crippen LogP contribution in [0.1, 0.15) is 11.4 Å². The normalized spacial score (nSPS) is 11.2. The summed E-state index contributed by atoms with van der Waals surface area (Å²) in [5.41, 5.74) is 3.17. The molecule has 0 saturated carbocycles. The lowest BCUT2D eigenvalue weighted by molar-refractivity contribution is 0.184. The first-order valence-corrected chi connectivity index (χ1v) is 5.32. The zero-order valence-electron chi connectivity index (χ0n) is 9.60. The number of methoxy groups -OCH3 is 1. The molecule has 0 bridgehead atoms. The summed E-state index contributed by atoms with van der Waals surface area (Å²) in [4.78, 5) is 4.38. The number of aliphatic hydroxyl groups excluding tert-OH is 1. The molecule has 86 valence electrons. The smallest absolute Gasteiger partial charge is 0.135 e. The highest BCUT2D eigenvalue weighted by Crippen LogP contribution is 2.17. The van der Waals surface area contributed by atoms with E-state index >= 15 is 0 Å². The highest BCUT2D eigenvalue weighted by Gasteiger charge is 2.09. The molecule has 0 aliphatic rings. The summed E-state index contributed by atoms with van der Waals surface area (Å²) in [5, 5.41) is 9.26. The van der Waals surface area contributed by atoms with Crippen LogP contribution in [0.25, 0.3) is 11.0 Å². The third-order valence-electron chi connectivity index (χ3n) is 2.64. The monoisotopic (exact) mass is 220 g/mol. The molecule has 1 aromatic carbocycles. The van der Waals surface area contributed by atoms with Crippen LogP contribution in [0.3, 0.4) is 0 Å². The Morgan fingerprint density at radius 3 is 2.94 bits per heavy atom. The summed E-state index contributed by atoms with van der Waals surface area (Å²) in [7, 11) is 1.67. The molecule has 2 aromatic rings. The first-order valence-electron chi connectivity index (χ1n) is 5.32. The standard InChI is InChI=1S/C12H16N2O2/c1-9-3-4-10-11(7-9)14(5-6-16-2)12(8-15)13-10/h3-4,7,15H,5-6,8H2,1-2H3. The van der Waals surface area contributed by atoms with Crippen molar-refractivity contribution < 1.29 is 9.84 Å². The Morgan fingerprint density at radius 2 is 2.25 bits per heavy atom. The Bertz CT molecular complexity index is 491. The van der Waals surface area contributed by atoms with Gasteiger partial charge in [-0.2, -0.15) is 0 Å². The largest absolute Gasteiger partial charge is 0.388 e. The van der Waals surface area contributed by atoms with Gasteiger partial charge < -0.3 is 14.4 Å². The lowest BCUT2D eigenvalue weighted by Crippen LogP contribution is -2.08. The molecular weight excluding hydrogens is 204 g/mol. The van der Waals surface area contributed by atoms with Crippen LogP contribution in [-0.4, -0.2) is 28.4 Å². The second-order valence-electron chi connectivity index (χ2n) is 3.82. The lowest BCUT2D eigenvalue weighted by Gasteiger charge is -2.06. The minimum atomic E-state index is -0.0442. The summed E-state index contributed by atoms with van der Waals surface area (Å²) >= 11 is 0. The third kappa shape index (κ3) is 1.94. The predicted octanol–water partition coefficient (Wildman–Crippen LogP) is 1.48. The molecule has 4 nitrogen and oxygen atoms in total. The van der Waals surface area contributed by atoms with Crippen LogP contribution in [0.2, 0.25) is 0 Å². The van der Waals surface area contributed by atoms with E-state index in [1.54, 1.807) is 7.11 Å². The van der Waals surface area contributed by atoms with Crippen molar-refractivity contribution in [2.75, 3.05) is 13.7 Å². The highest BCUT2D eigenvalue weighted by atomic mass is 16.5. The molecule has 0 fully saturated rings. The molecule has 0 aliphatic carbocycles. The number of aromatic nitrogens is 2. The molecule has 2 rings (SSSR count). The average molecular weight is 220 g/mol. The van der Waals surface area contributed by atoms with Crippen LogP contribution in [0.5, 0.6) is 0 Å². The second-order valence-corrected chi connectivity index (χ2v) is 3.82. The lowest BCUT2D eigenvalue weighted by atomic mass is 10.2. The zero-order chi connectivity index (χ0) is 11.5. The minimum Gasteiger partial charge on any atom is -0.388 e. The van der Waals surface area contributed by atoms with E-state index in [2.05, 4.69) is 11.1 Å². The Kier molecular flexibility index (Phi) is 3.22. The fourth-order valence-corrected chi connectivity index (χ4v) is 1.84. The second kappa shape index (κ2) is 4.63. The number of aryl methyl sites for hydroxylation is 1. The maximum absolute atomic E-state index is 9.26. The van der Waals surface area contributed by atoms with E-state index in [9.17, 15) is 5.11 Å². The van der Waals surface area contributed by atoms with Crippen LogP contribution in [0.4, 0.5) is 0 Å². The van der Waals surface area contributed by atoms with Crippen LogP contribution in [0.15, 0.2) is 18.2 Å². The first-order chi connectivity index (χ1) is 7.76. The molecule has 4 heteroatoms. The van der Waals surface area contributed by atoms with Gasteiger partial charge in [-0.15, -0.1) is 0 Å². The molecule has 0 unspecified atom stereocenters. The number of hydrogen-bond donors (Lipinski definition) is 1. The van der Waals surface area contributed by atoms with Gasteiger partial charge in [0.1, 0.15) is 12.4 Å². The van der Waals surface area contributed by atoms with Crippen molar-refractivity contribution in [1.82, 2.24) is 9.55 Å². The van der Waals surface area contributed by atoms with Crippen molar-refractivity contribution in [1.29, 1.82) is 0 Å². The summed E-state index contributed by atoms with van der Waals surface area (Å²) in [5.74, 6) is 0.692. The molecule has 0 amide bonds. The van der Waals surface area contributed by atoms with Crippen molar-refractivity contribution in [3.63, 3.8) is 0 Å². The molecule has 0 spiro atoms. The number of aliphatic hydroxyl groups is 1. The van der Waals surface area contributed by atoms with Gasteiger partial charge in [-0.25, -0.2) is 4.98 Å². The molecule has 0 saturated heterocycles. The fraction of sp³-hybridized carbons (Fsp3) is 0.417. The maximum atomic E-state index is 9.26. The van der Waals surface area contributed by atoms with Crippen molar-refractivity contribution in [2.24, 2.45) is 0 Å². The van der Waals surface area contributed by atoms with Crippen LogP contribution in [-0.2, 0) is 17.9 Å². The fourth-order valence-electron chi connectivity index (χ4n) is 1.84. The van der Waals surface area contributed by atoms with Gasteiger partial charge >= 0.3 is 0 Å². The summed E-state index contributed by atoms with van der Waals surface area (Å²) in [6.45, 7) is 3.34. The summed E-state index contributed by atoms with van der Waals surface area (Å²) < 4.78 is 7.07. The van der Waals surface area contributed by atoms with E-state index in [1.807, 2.05) is 23.6 Å².